The van der Waals surface area contributed by atoms with E-state index < -0.39 is 5.72 Å². The lowest BCUT2D eigenvalue weighted by Gasteiger charge is -2.55. The number of nitrogens with one attached hydrogen (secondary N) is 2. The lowest BCUT2D eigenvalue weighted by molar-refractivity contribution is -0.146. The first kappa shape index (κ1) is 14.3. The molecule has 1 heterocycles. The Balaban J connectivity index is 1.40. The van der Waals surface area contributed by atoms with Crippen molar-refractivity contribution in [2.45, 2.75) is 50.3 Å². The van der Waals surface area contributed by atoms with Crippen molar-refractivity contribution < 1.29 is 14.3 Å². The topological polar surface area (TPSA) is 67.4 Å². The molecule has 126 valence electrons. The van der Waals surface area contributed by atoms with E-state index in [0.29, 0.717) is 23.3 Å². The Bertz CT molecular complexity index is 714. The van der Waals surface area contributed by atoms with Crippen LogP contribution in [-0.4, -0.2) is 23.6 Å². The van der Waals surface area contributed by atoms with Crippen LogP contribution >= 0.6 is 0 Å². The summed E-state index contributed by atoms with van der Waals surface area (Å²) < 4.78 is 6.32. The minimum Gasteiger partial charge on any atom is -0.467 e. The molecule has 4 atom stereocenters. The highest BCUT2D eigenvalue weighted by atomic mass is 16.5. The molecule has 4 aliphatic carbocycles. The van der Waals surface area contributed by atoms with Crippen molar-refractivity contribution in [1.82, 2.24) is 10.6 Å². The van der Waals surface area contributed by atoms with Gasteiger partial charge in [-0.15, -0.1) is 0 Å². The summed E-state index contributed by atoms with van der Waals surface area (Å²) in [5.74, 6) is 1.41. The van der Waals surface area contributed by atoms with Crippen LogP contribution in [0.3, 0.4) is 0 Å². The highest BCUT2D eigenvalue weighted by Crippen LogP contribution is 2.52. The molecule has 2 N–H and O–H groups in total. The van der Waals surface area contributed by atoms with Gasteiger partial charge in [0.1, 0.15) is 5.75 Å². The molecule has 5 heteroatoms. The predicted molar refractivity (Wildman–Crippen MR) is 87.4 cm³/mol. The maximum atomic E-state index is 12.5. The van der Waals surface area contributed by atoms with Crippen LogP contribution in [0.5, 0.6) is 5.75 Å². The molecular formula is C19H22N2O3. The zero-order valence-electron chi connectivity index (χ0n) is 13.6. The van der Waals surface area contributed by atoms with Gasteiger partial charge in [0.15, 0.2) is 5.72 Å². The van der Waals surface area contributed by atoms with E-state index in [1.165, 1.54) is 0 Å². The van der Waals surface area contributed by atoms with Gasteiger partial charge in [-0.25, -0.2) is 0 Å². The van der Waals surface area contributed by atoms with Crippen molar-refractivity contribution in [3.05, 3.63) is 29.8 Å². The van der Waals surface area contributed by atoms with Gasteiger partial charge in [0.25, 0.3) is 5.91 Å². The second-order valence-electron chi connectivity index (χ2n) is 7.81. The molecule has 4 unspecified atom stereocenters. The van der Waals surface area contributed by atoms with E-state index in [1.807, 2.05) is 18.2 Å². The average molecular weight is 326 g/mol. The fraction of sp³-hybridized carbons (Fsp3) is 0.579. The Morgan fingerprint density at radius 1 is 1.21 bits per heavy atom. The van der Waals surface area contributed by atoms with E-state index in [4.69, 9.17) is 4.74 Å². The summed E-state index contributed by atoms with van der Waals surface area (Å²) in [5, 5.41) is 6.30. The summed E-state index contributed by atoms with van der Waals surface area (Å²) in [6.07, 6.45) is 5.85. The van der Waals surface area contributed by atoms with Crippen LogP contribution in [0.2, 0.25) is 0 Å². The third-order valence-corrected chi connectivity index (χ3v) is 6.23. The third-order valence-electron chi connectivity index (χ3n) is 6.23. The standard InChI is InChI=1S/C19H22N2O3/c22-17(20-13-7-8-13)15-9-12-6-5-11(15)10-19(12)21-18(23)14-3-1-2-4-16(14)24-19/h1-4,11-13,15H,5-10H2,(H,20,22)(H,21,23). The van der Waals surface area contributed by atoms with E-state index in [-0.39, 0.29) is 23.7 Å². The van der Waals surface area contributed by atoms with Crippen LogP contribution in [-0.2, 0) is 4.79 Å². The Kier molecular flexibility index (Phi) is 2.97. The highest BCUT2D eigenvalue weighted by Gasteiger charge is 2.57. The molecule has 24 heavy (non-hydrogen) atoms. The molecule has 0 aromatic heterocycles. The Morgan fingerprint density at radius 2 is 2.04 bits per heavy atom. The Labute approximate surface area is 141 Å². The fourth-order valence-electron chi connectivity index (χ4n) is 4.82. The quantitative estimate of drug-likeness (QED) is 0.876. The number of rotatable bonds is 2. The van der Waals surface area contributed by atoms with Crippen LogP contribution < -0.4 is 15.4 Å². The summed E-state index contributed by atoms with van der Waals surface area (Å²) in [4.78, 5) is 25.1. The largest absolute Gasteiger partial charge is 0.467 e. The number of carbonyl (C=O) groups excluding carboxylic acids is 2. The molecule has 5 aliphatic rings. The third kappa shape index (κ3) is 2.14. The molecule has 4 saturated carbocycles. The van der Waals surface area contributed by atoms with Crippen molar-refractivity contribution in [3.63, 3.8) is 0 Å². The number of amides is 2. The van der Waals surface area contributed by atoms with Crippen molar-refractivity contribution in [3.8, 4) is 5.75 Å². The summed E-state index contributed by atoms with van der Waals surface area (Å²) in [6.45, 7) is 0. The lowest BCUT2D eigenvalue weighted by Crippen LogP contribution is -2.67. The van der Waals surface area contributed by atoms with Crippen LogP contribution in [0.25, 0.3) is 0 Å². The summed E-state index contributed by atoms with van der Waals surface area (Å²) in [5.41, 5.74) is -0.0161. The van der Waals surface area contributed by atoms with Gasteiger partial charge < -0.3 is 15.4 Å². The highest BCUT2D eigenvalue weighted by molar-refractivity contribution is 5.98. The molecule has 5 nitrogen and oxygen atoms in total. The van der Waals surface area contributed by atoms with Gasteiger partial charge in [-0.05, 0) is 50.2 Å². The molecule has 1 aliphatic heterocycles. The smallest absolute Gasteiger partial charge is 0.258 e. The zero-order valence-corrected chi connectivity index (χ0v) is 13.6. The van der Waals surface area contributed by atoms with Gasteiger partial charge >= 0.3 is 0 Å². The van der Waals surface area contributed by atoms with Crippen molar-refractivity contribution >= 4 is 11.8 Å². The minimum absolute atomic E-state index is 0.0524. The molecule has 2 bridgehead atoms. The van der Waals surface area contributed by atoms with Crippen LogP contribution in [0.1, 0.15) is 48.9 Å². The average Bonchev–Trinajstić information content (AvgIpc) is 3.39. The first-order chi connectivity index (χ1) is 11.6. The number of benzene rings is 1. The lowest BCUT2D eigenvalue weighted by atomic mass is 9.60. The minimum atomic E-state index is -0.620. The SMILES string of the molecule is O=C1NC2(CC3CCC2CC3C(=O)NC2CC2)Oc2ccccc21. The monoisotopic (exact) mass is 326 g/mol. The maximum absolute atomic E-state index is 12.5. The number of hydrogen-bond acceptors (Lipinski definition) is 3. The van der Waals surface area contributed by atoms with E-state index in [2.05, 4.69) is 10.6 Å². The summed E-state index contributed by atoms with van der Waals surface area (Å²) in [7, 11) is 0. The number of ether oxygens (including phenoxy) is 1. The molecular weight excluding hydrogens is 304 g/mol. The molecule has 0 radical (unpaired) electrons. The van der Waals surface area contributed by atoms with Crippen LogP contribution in [0.15, 0.2) is 24.3 Å². The molecule has 1 aromatic rings. The Hall–Kier alpha value is -2.04. The van der Waals surface area contributed by atoms with E-state index >= 15 is 0 Å². The van der Waals surface area contributed by atoms with Gasteiger partial charge in [0.2, 0.25) is 5.91 Å². The van der Waals surface area contributed by atoms with E-state index in [0.717, 1.165) is 38.5 Å². The van der Waals surface area contributed by atoms with Gasteiger partial charge in [-0.1, -0.05) is 12.1 Å². The normalized spacial score (nSPS) is 36.7. The van der Waals surface area contributed by atoms with Crippen molar-refractivity contribution in [1.29, 1.82) is 0 Å². The molecule has 2 amide bonds. The molecule has 4 fully saturated rings. The number of hydrogen-bond donors (Lipinski definition) is 2. The molecule has 0 saturated heterocycles. The van der Waals surface area contributed by atoms with Crippen LogP contribution in [0.4, 0.5) is 0 Å². The molecule has 1 aromatic carbocycles. The molecule has 1 spiro atoms. The fourth-order valence-corrected chi connectivity index (χ4v) is 4.82. The first-order valence-corrected chi connectivity index (χ1v) is 9.05. The van der Waals surface area contributed by atoms with E-state index in [9.17, 15) is 9.59 Å². The van der Waals surface area contributed by atoms with Gasteiger partial charge in [0.05, 0.1) is 5.56 Å². The van der Waals surface area contributed by atoms with E-state index in [1.54, 1.807) is 6.07 Å². The Morgan fingerprint density at radius 3 is 2.79 bits per heavy atom. The molecule has 6 rings (SSSR count). The summed E-state index contributed by atoms with van der Waals surface area (Å²) in [6, 6.07) is 7.83. The van der Waals surface area contributed by atoms with Crippen LogP contribution in [0, 0.1) is 17.8 Å². The summed E-state index contributed by atoms with van der Waals surface area (Å²) >= 11 is 0. The van der Waals surface area contributed by atoms with Crippen molar-refractivity contribution in [2.75, 3.05) is 0 Å². The number of carbonyl (C=O) groups is 2. The van der Waals surface area contributed by atoms with Gasteiger partial charge in [-0.2, -0.15) is 0 Å². The predicted octanol–water partition coefficient (Wildman–Crippen LogP) is 2.22. The second-order valence-corrected chi connectivity index (χ2v) is 7.81. The van der Waals surface area contributed by atoms with Gasteiger partial charge in [-0.3, -0.25) is 9.59 Å². The van der Waals surface area contributed by atoms with Crippen molar-refractivity contribution in [2.24, 2.45) is 17.8 Å². The maximum Gasteiger partial charge on any atom is 0.258 e. The number of para-hydroxylation sites is 1. The zero-order chi connectivity index (χ0) is 16.3. The number of fused-ring (bicyclic) bond motifs is 3. The van der Waals surface area contributed by atoms with Gasteiger partial charge in [0, 0.05) is 24.3 Å². The second kappa shape index (κ2) is 4.98. The first-order valence-electron chi connectivity index (χ1n) is 9.05.